The van der Waals surface area contributed by atoms with E-state index in [2.05, 4.69) is 16.5 Å². The summed E-state index contributed by atoms with van der Waals surface area (Å²) in [6.07, 6.45) is 1.19. The van der Waals surface area contributed by atoms with Crippen LogP contribution in [0.5, 0.6) is 0 Å². The molecule has 5 nitrogen and oxygen atoms in total. The molecule has 0 bridgehead atoms. The van der Waals surface area contributed by atoms with Crippen LogP contribution >= 0.6 is 0 Å². The van der Waals surface area contributed by atoms with Crippen LogP contribution in [0.3, 0.4) is 0 Å². The van der Waals surface area contributed by atoms with Gasteiger partial charge >= 0.3 is 6.18 Å². The number of rotatable bonds is 6. The van der Waals surface area contributed by atoms with Crippen molar-refractivity contribution in [3.05, 3.63) is 48.1 Å². The summed E-state index contributed by atoms with van der Waals surface area (Å²) in [5, 5.41) is 8.65. The molecular weight excluding hydrogens is 377 g/mol. The molecule has 27 heavy (non-hydrogen) atoms. The molecule has 0 aromatic carbocycles. The van der Waals surface area contributed by atoms with Gasteiger partial charge in [0.05, 0.1) is 18.1 Å². The van der Waals surface area contributed by atoms with E-state index in [1.165, 1.54) is 0 Å². The zero-order chi connectivity index (χ0) is 20.2. The summed E-state index contributed by atoms with van der Waals surface area (Å²) in [6.45, 7) is 7.06. The molecule has 0 aliphatic rings. The first kappa shape index (κ1) is 20.7. The SMILES string of the molecule is C=C(/C=C\n1cc(-c2ncc(C(F)(F)F)cc2[S+]([O-])CC)nc1C)CC#N. The predicted octanol–water partition coefficient (Wildman–Crippen LogP) is 4.34. The third-order valence-electron chi connectivity index (χ3n) is 3.62. The first-order valence-corrected chi connectivity index (χ1v) is 9.23. The first-order valence-electron chi connectivity index (χ1n) is 7.91. The highest BCUT2D eigenvalue weighted by atomic mass is 32.2. The maximum Gasteiger partial charge on any atom is 0.418 e. The van der Waals surface area contributed by atoms with Gasteiger partial charge in [0, 0.05) is 24.7 Å². The Morgan fingerprint density at radius 3 is 2.78 bits per heavy atom. The van der Waals surface area contributed by atoms with Crippen molar-refractivity contribution in [1.29, 1.82) is 5.26 Å². The van der Waals surface area contributed by atoms with Crippen LogP contribution in [0.4, 0.5) is 13.2 Å². The summed E-state index contributed by atoms with van der Waals surface area (Å²) in [5.41, 5.74) is 0.113. The molecule has 0 aliphatic carbocycles. The van der Waals surface area contributed by atoms with E-state index in [1.54, 1.807) is 36.9 Å². The summed E-state index contributed by atoms with van der Waals surface area (Å²) in [5.74, 6) is 0.713. The largest absolute Gasteiger partial charge is 0.611 e. The van der Waals surface area contributed by atoms with Gasteiger partial charge in [0.25, 0.3) is 0 Å². The molecule has 2 aromatic heterocycles. The van der Waals surface area contributed by atoms with Crippen LogP contribution in [0.1, 0.15) is 24.7 Å². The molecule has 0 saturated carbocycles. The minimum absolute atomic E-state index is 0.00477. The van der Waals surface area contributed by atoms with Crippen molar-refractivity contribution in [3.8, 4) is 17.5 Å². The number of aryl methyl sites for hydroxylation is 1. The number of imidazole rings is 1. The molecule has 1 atom stereocenters. The maximum atomic E-state index is 13.0. The molecule has 9 heteroatoms. The molecule has 0 aliphatic heterocycles. The van der Waals surface area contributed by atoms with Gasteiger partial charge in [-0.3, -0.25) is 0 Å². The van der Waals surface area contributed by atoms with E-state index in [0.717, 1.165) is 6.07 Å². The van der Waals surface area contributed by atoms with Crippen LogP contribution in [0.2, 0.25) is 0 Å². The van der Waals surface area contributed by atoms with Gasteiger partial charge in [-0.1, -0.05) is 6.58 Å². The van der Waals surface area contributed by atoms with Gasteiger partial charge in [-0.2, -0.15) is 18.4 Å². The number of pyridine rings is 1. The molecular formula is C18H17F3N4OS. The van der Waals surface area contributed by atoms with Crippen LogP contribution in [0, 0.1) is 18.3 Å². The van der Waals surface area contributed by atoms with E-state index in [0.29, 0.717) is 23.3 Å². The number of alkyl halides is 3. The lowest BCUT2D eigenvalue weighted by atomic mass is 10.2. The van der Waals surface area contributed by atoms with E-state index in [-0.39, 0.29) is 22.8 Å². The van der Waals surface area contributed by atoms with Crippen LogP contribution in [-0.4, -0.2) is 24.8 Å². The molecule has 0 fully saturated rings. The number of hydrogen-bond donors (Lipinski definition) is 0. The van der Waals surface area contributed by atoms with E-state index in [4.69, 9.17) is 5.26 Å². The number of allylic oxidation sites excluding steroid dienone is 2. The minimum atomic E-state index is -4.57. The van der Waals surface area contributed by atoms with Gasteiger partial charge in [-0.05, 0) is 36.7 Å². The van der Waals surface area contributed by atoms with Gasteiger partial charge < -0.3 is 9.12 Å². The van der Waals surface area contributed by atoms with E-state index in [9.17, 15) is 17.7 Å². The lowest BCUT2D eigenvalue weighted by Gasteiger charge is -2.13. The van der Waals surface area contributed by atoms with Gasteiger partial charge in [-0.25, -0.2) is 9.97 Å². The zero-order valence-electron chi connectivity index (χ0n) is 14.7. The van der Waals surface area contributed by atoms with Gasteiger partial charge in [0.15, 0.2) is 4.90 Å². The van der Waals surface area contributed by atoms with Crippen molar-refractivity contribution in [2.24, 2.45) is 0 Å². The highest BCUT2D eigenvalue weighted by molar-refractivity contribution is 7.91. The number of nitriles is 1. The topological polar surface area (TPSA) is 77.6 Å². The molecule has 1 unspecified atom stereocenters. The predicted molar refractivity (Wildman–Crippen MR) is 96.8 cm³/mol. The summed E-state index contributed by atoms with van der Waals surface area (Å²) < 4.78 is 52.8. The highest BCUT2D eigenvalue weighted by Gasteiger charge is 2.34. The average molecular weight is 394 g/mol. The molecule has 142 valence electrons. The monoisotopic (exact) mass is 394 g/mol. The lowest BCUT2D eigenvalue weighted by molar-refractivity contribution is -0.138. The van der Waals surface area contributed by atoms with Crippen molar-refractivity contribution in [2.75, 3.05) is 5.75 Å². The standard InChI is InChI=1S/C18H17F3N4OS/c1-4-27(26)16-9-14(18(19,20)21)10-23-17(16)15-11-25(13(3)24-15)8-6-12(2)5-7-22/h6,8-11H,2,4-5H2,1,3H3/b8-6-. The third-order valence-corrected chi connectivity index (χ3v) is 4.95. The minimum Gasteiger partial charge on any atom is -0.611 e. The van der Waals surface area contributed by atoms with Crippen molar-refractivity contribution in [3.63, 3.8) is 0 Å². The Balaban J connectivity index is 2.48. The van der Waals surface area contributed by atoms with Gasteiger partial charge in [-0.15, -0.1) is 0 Å². The van der Waals surface area contributed by atoms with E-state index < -0.39 is 22.9 Å². The maximum absolute atomic E-state index is 13.0. The molecule has 0 N–H and O–H groups in total. The summed E-state index contributed by atoms with van der Waals surface area (Å²) in [4.78, 5) is 8.20. The molecule has 0 spiro atoms. The van der Waals surface area contributed by atoms with Gasteiger partial charge in [0.2, 0.25) is 0 Å². The Morgan fingerprint density at radius 1 is 1.48 bits per heavy atom. The number of hydrogen-bond acceptors (Lipinski definition) is 4. The number of nitrogens with zero attached hydrogens (tertiary/aromatic N) is 4. The van der Waals surface area contributed by atoms with Crippen molar-refractivity contribution < 1.29 is 17.7 Å². The van der Waals surface area contributed by atoms with E-state index in [1.807, 2.05) is 6.07 Å². The number of aromatic nitrogens is 3. The second-order valence-corrected chi connectivity index (χ2v) is 7.30. The normalized spacial score (nSPS) is 12.9. The molecule has 0 amide bonds. The summed E-state index contributed by atoms with van der Waals surface area (Å²) in [6, 6.07) is 2.84. The second-order valence-electron chi connectivity index (χ2n) is 5.59. The highest BCUT2D eigenvalue weighted by Crippen LogP contribution is 2.34. The van der Waals surface area contributed by atoms with Gasteiger partial charge in [0.1, 0.15) is 23.0 Å². The van der Waals surface area contributed by atoms with Crippen LogP contribution < -0.4 is 0 Å². The van der Waals surface area contributed by atoms with E-state index >= 15 is 0 Å². The fraction of sp³-hybridized carbons (Fsp3) is 0.278. The fourth-order valence-corrected chi connectivity index (χ4v) is 3.16. The van der Waals surface area contributed by atoms with Crippen molar-refractivity contribution in [1.82, 2.24) is 14.5 Å². The second kappa shape index (κ2) is 8.41. The molecule has 0 radical (unpaired) electrons. The van der Waals surface area contributed by atoms with Crippen molar-refractivity contribution >= 4 is 17.4 Å². The molecule has 2 aromatic rings. The molecule has 2 rings (SSSR count). The Hall–Kier alpha value is -2.57. The number of halogens is 3. The molecule has 0 saturated heterocycles. The average Bonchev–Trinajstić information content (AvgIpc) is 2.99. The fourth-order valence-electron chi connectivity index (χ4n) is 2.22. The Morgan fingerprint density at radius 2 is 2.19 bits per heavy atom. The van der Waals surface area contributed by atoms with Crippen molar-refractivity contribution in [2.45, 2.75) is 31.3 Å². The summed E-state index contributed by atoms with van der Waals surface area (Å²) >= 11 is -1.64. The Kier molecular flexibility index (Phi) is 6.46. The Bertz CT molecular complexity index is 912. The summed E-state index contributed by atoms with van der Waals surface area (Å²) in [7, 11) is 0. The molecule has 2 heterocycles. The quantitative estimate of drug-likeness (QED) is 0.539. The lowest BCUT2D eigenvalue weighted by Crippen LogP contribution is -2.12. The zero-order valence-corrected chi connectivity index (χ0v) is 15.6. The third kappa shape index (κ3) is 4.99. The first-order chi connectivity index (χ1) is 12.7. The smallest absolute Gasteiger partial charge is 0.418 e. The van der Waals surface area contributed by atoms with Crippen LogP contribution in [0.25, 0.3) is 17.6 Å². The van der Waals surface area contributed by atoms with Crippen LogP contribution in [-0.2, 0) is 17.4 Å². The Labute approximate surface area is 158 Å². The van der Waals surface area contributed by atoms with Crippen LogP contribution in [0.15, 0.2) is 41.6 Å².